The zero-order chi connectivity index (χ0) is 31.6. The van der Waals surface area contributed by atoms with Gasteiger partial charge < -0.3 is 9.13 Å². The summed E-state index contributed by atoms with van der Waals surface area (Å²) in [5.74, 6) is 1.54. The van der Waals surface area contributed by atoms with E-state index >= 15 is 0 Å². The second-order valence-electron chi connectivity index (χ2n) is 14.6. The van der Waals surface area contributed by atoms with Crippen molar-refractivity contribution in [3.05, 3.63) is 143 Å². The van der Waals surface area contributed by atoms with Crippen LogP contribution in [0.5, 0.6) is 0 Å². The molecule has 4 aliphatic carbocycles. The normalized spacial score (nSPS) is 20.0. The lowest BCUT2D eigenvalue weighted by molar-refractivity contribution is 0.280. The highest BCUT2D eigenvalue weighted by Crippen LogP contribution is 2.46. The molecule has 48 heavy (non-hydrogen) atoms. The molecule has 6 aromatic rings. The third-order valence-corrected chi connectivity index (χ3v) is 12.0. The second kappa shape index (κ2) is 11.4. The number of aryl methyl sites for hydroxylation is 2. The summed E-state index contributed by atoms with van der Waals surface area (Å²) in [5, 5.41) is 2.94. The van der Waals surface area contributed by atoms with Gasteiger partial charge in [0.2, 0.25) is 0 Å². The quantitative estimate of drug-likeness (QED) is 0.185. The molecule has 0 saturated heterocycles. The molecule has 0 amide bonds. The number of rotatable bonds is 4. The summed E-state index contributed by atoms with van der Waals surface area (Å²) in [7, 11) is 0. The Labute approximate surface area is 283 Å². The van der Waals surface area contributed by atoms with Crippen LogP contribution in [0.15, 0.2) is 109 Å². The number of fused-ring (bicyclic) bond motifs is 8. The van der Waals surface area contributed by atoms with Gasteiger partial charge in [-0.05, 0) is 134 Å². The summed E-state index contributed by atoms with van der Waals surface area (Å²) in [6, 6.07) is 34.0. The number of aromatic nitrogens is 2. The standard InChI is InChI=1S/C46H42N2/c1-2-11-31(12-3-1)33-23-25-37(26-24-33)47-41-19-8-6-17-39(41)45-43(47)27-28-44-46(45)40-18-7-9-20-42(40)48(44)38-16-10-15-35(30-38)36-22-21-32-13-4-5-14-34(32)29-36/h1-5,7-8,11-14,16,18-19,23-28,35-36H,6,9-10,15,17,20-22,29-30H2. The Hall–Kier alpha value is -4.82. The van der Waals surface area contributed by atoms with Gasteiger partial charge >= 0.3 is 0 Å². The van der Waals surface area contributed by atoms with E-state index in [1.807, 2.05) is 0 Å². The highest BCUT2D eigenvalue weighted by molar-refractivity contribution is 6.15. The molecular formula is C46H42N2. The van der Waals surface area contributed by atoms with Gasteiger partial charge in [0.15, 0.2) is 0 Å². The van der Waals surface area contributed by atoms with Crippen molar-refractivity contribution in [1.82, 2.24) is 9.13 Å². The molecule has 2 nitrogen and oxygen atoms in total. The van der Waals surface area contributed by atoms with Gasteiger partial charge in [0.1, 0.15) is 0 Å². The Balaban J connectivity index is 1.10. The molecule has 0 radical (unpaired) electrons. The molecule has 0 bridgehead atoms. The molecule has 4 aliphatic rings. The molecule has 2 aromatic heterocycles. The van der Waals surface area contributed by atoms with E-state index in [0.717, 1.165) is 37.5 Å². The van der Waals surface area contributed by atoms with E-state index in [2.05, 4.69) is 131 Å². The molecule has 4 aromatic carbocycles. The number of allylic oxidation sites excluding steroid dienone is 4. The molecule has 2 atom stereocenters. The van der Waals surface area contributed by atoms with Crippen molar-refractivity contribution in [2.45, 2.75) is 64.2 Å². The minimum absolute atomic E-state index is 0.757. The summed E-state index contributed by atoms with van der Waals surface area (Å²) in [6.45, 7) is 0. The van der Waals surface area contributed by atoms with Crippen molar-refractivity contribution in [1.29, 1.82) is 0 Å². The van der Waals surface area contributed by atoms with Crippen molar-refractivity contribution in [2.75, 3.05) is 0 Å². The summed E-state index contributed by atoms with van der Waals surface area (Å²) in [4.78, 5) is 0. The van der Waals surface area contributed by atoms with E-state index in [-0.39, 0.29) is 0 Å². The van der Waals surface area contributed by atoms with Crippen LogP contribution in [0, 0.1) is 11.8 Å². The fourth-order valence-electron chi connectivity index (χ4n) is 9.70. The van der Waals surface area contributed by atoms with Crippen LogP contribution >= 0.6 is 0 Å². The maximum absolute atomic E-state index is 2.73. The second-order valence-corrected chi connectivity index (χ2v) is 14.6. The molecule has 0 N–H and O–H groups in total. The fraction of sp³-hybridized carbons (Fsp3) is 0.261. The SMILES string of the molecule is C1=Cc2c(c3c4c5c(n(C6=CCCC(C7CCc8ccccc8C7)C6)c4ccc3n2-c2ccc(-c3ccccc3)cc2)CCC=C5)CC1. The van der Waals surface area contributed by atoms with Crippen molar-refractivity contribution in [3.8, 4) is 16.8 Å². The van der Waals surface area contributed by atoms with Gasteiger partial charge in [-0.1, -0.05) is 91.0 Å². The Morgan fingerprint density at radius 3 is 2.15 bits per heavy atom. The number of hydrogen-bond donors (Lipinski definition) is 0. The first kappa shape index (κ1) is 28.2. The fourth-order valence-corrected chi connectivity index (χ4v) is 9.70. The highest BCUT2D eigenvalue weighted by Gasteiger charge is 2.31. The van der Waals surface area contributed by atoms with Crippen LogP contribution in [0.25, 0.3) is 56.5 Å². The average molecular weight is 623 g/mol. The van der Waals surface area contributed by atoms with Crippen molar-refractivity contribution >= 4 is 39.7 Å². The summed E-state index contributed by atoms with van der Waals surface area (Å²) in [6.07, 6.45) is 24.2. The third kappa shape index (κ3) is 4.45. The van der Waals surface area contributed by atoms with Crippen molar-refractivity contribution < 1.29 is 0 Å². The number of nitrogens with zero attached hydrogens (tertiary/aromatic N) is 2. The summed E-state index contributed by atoms with van der Waals surface area (Å²) >= 11 is 0. The van der Waals surface area contributed by atoms with Gasteiger partial charge in [-0.2, -0.15) is 0 Å². The summed E-state index contributed by atoms with van der Waals surface area (Å²) < 4.78 is 5.26. The van der Waals surface area contributed by atoms with E-state index in [9.17, 15) is 0 Å². The van der Waals surface area contributed by atoms with Gasteiger partial charge in [-0.3, -0.25) is 0 Å². The van der Waals surface area contributed by atoms with Crippen LogP contribution in [0.4, 0.5) is 0 Å². The minimum atomic E-state index is 0.757. The van der Waals surface area contributed by atoms with Crippen molar-refractivity contribution in [2.24, 2.45) is 11.8 Å². The van der Waals surface area contributed by atoms with Gasteiger partial charge in [0, 0.05) is 39.1 Å². The van der Waals surface area contributed by atoms with Crippen molar-refractivity contribution in [3.63, 3.8) is 0 Å². The Bertz CT molecular complexity index is 2290. The van der Waals surface area contributed by atoms with E-state index in [4.69, 9.17) is 0 Å². The number of hydrogen-bond acceptors (Lipinski definition) is 0. The average Bonchev–Trinajstić information content (AvgIpc) is 3.68. The van der Waals surface area contributed by atoms with Crippen LogP contribution in [0.2, 0.25) is 0 Å². The maximum Gasteiger partial charge on any atom is 0.0545 e. The molecule has 2 unspecified atom stereocenters. The largest absolute Gasteiger partial charge is 0.317 e. The van der Waals surface area contributed by atoms with E-state index in [1.54, 1.807) is 16.8 Å². The monoisotopic (exact) mass is 622 g/mol. The third-order valence-electron chi connectivity index (χ3n) is 12.0. The number of benzene rings is 4. The molecule has 2 heterocycles. The molecule has 236 valence electrons. The molecule has 0 fully saturated rings. The first-order valence-electron chi connectivity index (χ1n) is 18.3. The van der Waals surface area contributed by atoms with Gasteiger partial charge in [-0.25, -0.2) is 0 Å². The summed E-state index contributed by atoms with van der Waals surface area (Å²) in [5.41, 5.74) is 17.1. The van der Waals surface area contributed by atoms with E-state index < -0.39 is 0 Å². The van der Waals surface area contributed by atoms with Crippen LogP contribution in [-0.4, -0.2) is 9.13 Å². The smallest absolute Gasteiger partial charge is 0.0545 e. The zero-order valence-electron chi connectivity index (χ0n) is 27.7. The lowest BCUT2D eigenvalue weighted by Crippen LogP contribution is -2.25. The Morgan fingerprint density at radius 1 is 0.542 bits per heavy atom. The maximum atomic E-state index is 2.73. The zero-order valence-corrected chi connectivity index (χ0v) is 27.7. The van der Waals surface area contributed by atoms with Gasteiger partial charge in [0.05, 0.1) is 11.0 Å². The Kier molecular flexibility index (Phi) is 6.71. The van der Waals surface area contributed by atoms with Gasteiger partial charge in [-0.15, -0.1) is 0 Å². The van der Waals surface area contributed by atoms with Crippen LogP contribution in [-0.2, 0) is 25.7 Å². The molecule has 0 spiro atoms. The Morgan fingerprint density at radius 2 is 1.27 bits per heavy atom. The molecular weight excluding hydrogens is 581 g/mol. The van der Waals surface area contributed by atoms with E-state index in [1.165, 1.54) is 99.7 Å². The van der Waals surface area contributed by atoms with Crippen LogP contribution in [0.3, 0.4) is 0 Å². The molecule has 2 heteroatoms. The first-order chi connectivity index (χ1) is 23.8. The van der Waals surface area contributed by atoms with Crippen LogP contribution in [0.1, 0.15) is 72.2 Å². The molecule has 10 rings (SSSR count). The minimum Gasteiger partial charge on any atom is -0.317 e. The lowest BCUT2D eigenvalue weighted by Gasteiger charge is -2.35. The lowest BCUT2D eigenvalue weighted by atomic mass is 9.72. The predicted molar refractivity (Wildman–Crippen MR) is 202 cm³/mol. The molecule has 0 saturated carbocycles. The van der Waals surface area contributed by atoms with Gasteiger partial charge in [0.25, 0.3) is 0 Å². The van der Waals surface area contributed by atoms with E-state index in [0.29, 0.717) is 0 Å². The first-order valence-corrected chi connectivity index (χ1v) is 18.3. The highest BCUT2D eigenvalue weighted by atomic mass is 15.0. The molecule has 0 aliphatic heterocycles. The van der Waals surface area contributed by atoms with Crippen LogP contribution < -0.4 is 0 Å². The topological polar surface area (TPSA) is 9.86 Å². The predicted octanol–water partition coefficient (Wildman–Crippen LogP) is 11.6.